The highest BCUT2D eigenvalue weighted by Crippen LogP contribution is 2.27. The summed E-state index contributed by atoms with van der Waals surface area (Å²) in [7, 11) is 1.52. The van der Waals surface area contributed by atoms with Gasteiger partial charge in [-0.2, -0.15) is 0 Å². The minimum absolute atomic E-state index is 0.0864. The fourth-order valence-electron chi connectivity index (χ4n) is 3.30. The van der Waals surface area contributed by atoms with Crippen LogP contribution in [0.3, 0.4) is 0 Å². The monoisotopic (exact) mass is 361 g/mol. The molecule has 3 atom stereocenters. The third-order valence-corrected chi connectivity index (χ3v) is 4.56. The molecule has 2 N–H and O–H groups in total. The van der Waals surface area contributed by atoms with Crippen LogP contribution in [-0.2, 0) is 9.59 Å². The zero-order valence-corrected chi connectivity index (χ0v) is 15.0. The number of β-amino-alcohol motifs (C(OH)–C–C–N with tert-alkyl or cyclic N) is 1. The number of amides is 2. The Morgan fingerprint density at radius 3 is 2.81 bits per heavy atom. The second kappa shape index (κ2) is 7.28. The summed E-state index contributed by atoms with van der Waals surface area (Å²) < 4.78 is 6.81. The molecule has 0 saturated carbocycles. The molecular formula is C17H23N5O4. The van der Waals surface area contributed by atoms with Crippen molar-refractivity contribution in [3.63, 3.8) is 0 Å². The van der Waals surface area contributed by atoms with Gasteiger partial charge >= 0.3 is 0 Å². The molecule has 1 fully saturated rings. The number of likely N-dealkylation sites (N-methyl/N-ethyl adjacent to an activating group) is 1. The molecule has 2 amide bonds. The fraction of sp³-hybridized carbons (Fsp3) is 0.529. The van der Waals surface area contributed by atoms with E-state index >= 15 is 0 Å². The number of aliphatic hydroxyl groups is 1. The van der Waals surface area contributed by atoms with Gasteiger partial charge in [-0.3, -0.25) is 9.59 Å². The number of rotatable bonds is 5. The quantitative estimate of drug-likeness (QED) is 0.799. The smallest absolute Gasteiger partial charge is 0.248 e. The lowest BCUT2D eigenvalue weighted by Crippen LogP contribution is -2.48. The van der Waals surface area contributed by atoms with E-state index in [1.807, 2.05) is 13.8 Å². The van der Waals surface area contributed by atoms with Gasteiger partial charge in [0.25, 0.3) is 0 Å². The number of carbonyl (C=O) groups excluding carboxylic acids is 2. The Kier molecular flexibility index (Phi) is 5.08. The van der Waals surface area contributed by atoms with E-state index in [4.69, 9.17) is 4.42 Å². The fourth-order valence-corrected chi connectivity index (χ4v) is 3.30. The number of furan rings is 1. The Bertz CT molecular complexity index is 770. The van der Waals surface area contributed by atoms with Crippen LogP contribution in [0.2, 0.25) is 0 Å². The highest BCUT2D eigenvalue weighted by atomic mass is 16.3. The lowest BCUT2D eigenvalue weighted by molar-refractivity contribution is -0.142. The molecule has 9 heteroatoms. The Hall–Kier alpha value is -2.68. The second-order valence-corrected chi connectivity index (χ2v) is 6.76. The van der Waals surface area contributed by atoms with E-state index in [-0.39, 0.29) is 30.7 Å². The number of likely N-dealkylation sites (tertiary alicyclic amines) is 1. The largest absolute Gasteiger partial charge is 0.463 e. The van der Waals surface area contributed by atoms with Crippen molar-refractivity contribution in [2.45, 2.75) is 38.5 Å². The summed E-state index contributed by atoms with van der Waals surface area (Å²) in [6, 6.07) is 2.19. The molecule has 1 aliphatic heterocycles. The molecule has 0 aromatic carbocycles. The Labute approximate surface area is 151 Å². The third-order valence-electron chi connectivity index (χ3n) is 4.56. The van der Waals surface area contributed by atoms with Gasteiger partial charge in [0, 0.05) is 20.0 Å². The van der Waals surface area contributed by atoms with Crippen LogP contribution in [0.15, 0.2) is 29.0 Å². The highest BCUT2D eigenvalue weighted by Gasteiger charge is 2.42. The predicted octanol–water partition coefficient (Wildman–Crippen LogP) is 0.443. The average Bonchev–Trinajstić information content (AvgIpc) is 3.33. The molecule has 26 heavy (non-hydrogen) atoms. The van der Waals surface area contributed by atoms with E-state index in [1.165, 1.54) is 16.6 Å². The van der Waals surface area contributed by atoms with Gasteiger partial charge in [-0.1, -0.05) is 19.1 Å². The van der Waals surface area contributed by atoms with Gasteiger partial charge in [0.05, 0.1) is 18.6 Å². The molecule has 140 valence electrons. The van der Waals surface area contributed by atoms with Crippen LogP contribution >= 0.6 is 0 Å². The number of nitrogens with one attached hydrogen (secondary N) is 1. The van der Waals surface area contributed by atoms with Gasteiger partial charge in [0.1, 0.15) is 17.8 Å². The SMILES string of the molecule is CNC(=O)[C@@H]1C[C@@H](O)CN1C(=O)[C@H](C(C)C)n1cc(-c2ccco2)nn1. The van der Waals surface area contributed by atoms with Crippen LogP contribution in [-0.4, -0.2) is 62.6 Å². The van der Waals surface area contributed by atoms with E-state index in [1.54, 1.807) is 24.6 Å². The Morgan fingerprint density at radius 2 is 2.19 bits per heavy atom. The summed E-state index contributed by atoms with van der Waals surface area (Å²) in [4.78, 5) is 26.7. The van der Waals surface area contributed by atoms with E-state index in [0.29, 0.717) is 11.5 Å². The summed E-state index contributed by atoms with van der Waals surface area (Å²) in [6.45, 7) is 3.93. The normalized spacial score (nSPS) is 21.2. The number of nitrogens with zero attached hydrogens (tertiary/aromatic N) is 4. The third kappa shape index (κ3) is 3.34. The zero-order valence-electron chi connectivity index (χ0n) is 15.0. The van der Waals surface area contributed by atoms with Crippen molar-refractivity contribution in [2.75, 3.05) is 13.6 Å². The maximum absolute atomic E-state index is 13.2. The predicted molar refractivity (Wildman–Crippen MR) is 91.8 cm³/mol. The van der Waals surface area contributed by atoms with E-state index in [0.717, 1.165) is 0 Å². The van der Waals surface area contributed by atoms with Crippen LogP contribution in [0.1, 0.15) is 26.3 Å². The molecular weight excluding hydrogens is 338 g/mol. The maximum Gasteiger partial charge on any atom is 0.248 e. The van der Waals surface area contributed by atoms with Crippen LogP contribution in [0.25, 0.3) is 11.5 Å². The average molecular weight is 361 g/mol. The second-order valence-electron chi connectivity index (χ2n) is 6.76. The maximum atomic E-state index is 13.2. The van der Waals surface area contributed by atoms with Crippen molar-refractivity contribution in [3.05, 3.63) is 24.6 Å². The van der Waals surface area contributed by atoms with Crippen LogP contribution in [0.5, 0.6) is 0 Å². The molecule has 0 aliphatic carbocycles. The van der Waals surface area contributed by atoms with Gasteiger partial charge in [0.15, 0.2) is 5.76 Å². The first-order chi connectivity index (χ1) is 12.4. The van der Waals surface area contributed by atoms with Gasteiger partial charge in [-0.15, -0.1) is 5.10 Å². The topological polar surface area (TPSA) is 113 Å². The van der Waals surface area contributed by atoms with Crippen molar-refractivity contribution in [1.82, 2.24) is 25.2 Å². The lowest BCUT2D eigenvalue weighted by atomic mass is 10.0. The molecule has 9 nitrogen and oxygen atoms in total. The molecule has 1 aliphatic rings. The Balaban J connectivity index is 1.88. The molecule has 3 heterocycles. The molecule has 1 saturated heterocycles. The summed E-state index contributed by atoms with van der Waals surface area (Å²) in [6.07, 6.45) is 2.70. The summed E-state index contributed by atoms with van der Waals surface area (Å²) in [5.41, 5.74) is 0.526. The minimum Gasteiger partial charge on any atom is -0.463 e. The molecule has 0 radical (unpaired) electrons. The van der Waals surface area contributed by atoms with Crippen molar-refractivity contribution >= 4 is 11.8 Å². The Morgan fingerprint density at radius 1 is 1.42 bits per heavy atom. The van der Waals surface area contributed by atoms with Crippen molar-refractivity contribution < 1.29 is 19.1 Å². The van der Waals surface area contributed by atoms with Crippen molar-refractivity contribution in [3.8, 4) is 11.5 Å². The van der Waals surface area contributed by atoms with E-state index in [2.05, 4.69) is 15.6 Å². The first-order valence-electron chi connectivity index (χ1n) is 8.58. The lowest BCUT2D eigenvalue weighted by Gasteiger charge is -2.29. The van der Waals surface area contributed by atoms with Gasteiger partial charge in [-0.25, -0.2) is 4.68 Å². The summed E-state index contributed by atoms with van der Waals surface area (Å²) in [5.74, 6) is -0.0731. The van der Waals surface area contributed by atoms with Crippen LogP contribution < -0.4 is 5.32 Å². The van der Waals surface area contributed by atoms with Gasteiger partial charge in [-0.05, 0) is 18.1 Å². The highest BCUT2D eigenvalue weighted by molar-refractivity contribution is 5.89. The number of hydrogen-bond acceptors (Lipinski definition) is 6. The molecule has 0 spiro atoms. The number of aliphatic hydroxyl groups excluding tert-OH is 1. The van der Waals surface area contributed by atoms with E-state index in [9.17, 15) is 14.7 Å². The minimum atomic E-state index is -0.719. The first kappa shape index (κ1) is 18.1. The van der Waals surface area contributed by atoms with Crippen LogP contribution in [0.4, 0.5) is 0 Å². The summed E-state index contributed by atoms with van der Waals surface area (Å²) >= 11 is 0. The molecule has 0 bridgehead atoms. The standard InChI is InChI=1S/C17H23N5O4/c1-10(2)15(22-9-12(19-20-22)14-5-4-6-26-14)17(25)21-8-11(23)7-13(21)16(24)18-3/h4-6,9-11,13,15,23H,7-8H2,1-3H3,(H,18,24)/t11-,13+,15+/m1/s1. The van der Waals surface area contributed by atoms with Crippen molar-refractivity contribution in [1.29, 1.82) is 0 Å². The first-order valence-corrected chi connectivity index (χ1v) is 8.58. The molecule has 2 aromatic heterocycles. The van der Waals surface area contributed by atoms with Crippen molar-refractivity contribution in [2.24, 2.45) is 5.92 Å². The van der Waals surface area contributed by atoms with Gasteiger partial charge in [0.2, 0.25) is 11.8 Å². The van der Waals surface area contributed by atoms with Gasteiger partial charge < -0.3 is 19.7 Å². The number of carbonyl (C=O) groups is 2. The molecule has 2 aromatic rings. The zero-order chi connectivity index (χ0) is 18.8. The van der Waals surface area contributed by atoms with E-state index < -0.39 is 18.2 Å². The molecule has 0 unspecified atom stereocenters. The molecule has 3 rings (SSSR count). The summed E-state index contributed by atoms with van der Waals surface area (Å²) in [5, 5.41) is 20.7. The number of hydrogen-bond donors (Lipinski definition) is 2. The van der Waals surface area contributed by atoms with Crippen LogP contribution in [0, 0.1) is 5.92 Å². The number of aromatic nitrogens is 3.